The van der Waals surface area contributed by atoms with E-state index >= 15 is 0 Å². The van der Waals surface area contributed by atoms with Crippen molar-refractivity contribution in [1.29, 1.82) is 5.26 Å². The summed E-state index contributed by atoms with van der Waals surface area (Å²) in [6, 6.07) is 7.15. The molecule has 0 amide bonds. The molecule has 4 heteroatoms. The summed E-state index contributed by atoms with van der Waals surface area (Å²) >= 11 is 11.9. The Morgan fingerprint density at radius 2 is 2.00 bits per heavy atom. The molecule has 0 aromatic heterocycles. The monoisotopic (exact) mass is 309 g/mol. The first-order valence-corrected chi connectivity index (χ1v) is 7.68. The quantitative estimate of drug-likeness (QED) is 0.772. The molecule has 0 heterocycles. The zero-order chi connectivity index (χ0) is 14.8. The maximum atomic E-state index is 12.8. The third-order valence-electron chi connectivity index (χ3n) is 4.43. The van der Waals surface area contributed by atoms with Crippen molar-refractivity contribution in [1.82, 2.24) is 0 Å². The largest absolute Gasteiger partial charge is 0.297 e. The van der Waals surface area contributed by atoms with Gasteiger partial charge in [0.2, 0.25) is 0 Å². The molecule has 2 nitrogen and oxygen atoms in total. The van der Waals surface area contributed by atoms with Gasteiger partial charge in [0.25, 0.3) is 0 Å². The molecule has 0 aliphatic heterocycles. The van der Waals surface area contributed by atoms with Gasteiger partial charge in [-0.3, -0.25) is 4.79 Å². The van der Waals surface area contributed by atoms with Gasteiger partial charge in [0, 0.05) is 5.41 Å². The minimum absolute atomic E-state index is 0.0402. The van der Waals surface area contributed by atoms with Crippen LogP contribution in [0.25, 0.3) is 0 Å². The van der Waals surface area contributed by atoms with E-state index in [-0.39, 0.29) is 11.2 Å². The molecule has 0 bridgehead atoms. The van der Waals surface area contributed by atoms with Gasteiger partial charge in [-0.15, -0.1) is 0 Å². The summed E-state index contributed by atoms with van der Waals surface area (Å²) in [6.45, 7) is 2.03. The zero-order valence-corrected chi connectivity index (χ0v) is 13.0. The average molecular weight is 310 g/mol. The minimum Gasteiger partial charge on any atom is -0.297 e. The highest BCUT2D eigenvalue weighted by Crippen LogP contribution is 2.45. The summed E-state index contributed by atoms with van der Waals surface area (Å²) in [5.74, 6) is -0.707. The van der Waals surface area contributed by atoms with Crippen LogP contribution in [0.2, 0.25) is 10.0 Å². The van der Waals surface area contributed by atoms with Crippen molar-refractivity contribution < 1.29 is 4.79 Å². The topological polar surface area (TPSA) is 40.9 Å². The Morgan fingerprint density at radius 1 is 1.35 bits per heavy atom. The van der Waals surface area contributed by atoms with Crippen molar-refractivity contribution in [3.8, 4) is 6.07 Å². The molecule has 0 radical (unpaired) electrons. The Kier molecular flexibility index (Phi) is 4.73. The molecule has 1 unspecified atom stereocenters. The van der Waals surface area contributed by atoms with Gasteiger partial charge in [0.15, 0.2) is 5.78 Å². The van der Waals surface area contributed by atoms with Crippen LogP contribution in [0, 0.1) is 16.7 Å². The molecule has 106 valence electrons. The maximum Gasteiger partial charge on any atom is 0.160 e. The second kappa shape index (κ2) is 6.16. The van der Waals surface area contributed by atoms with Crippen LogP contribution in [0.15, 0.2) is 18.2 Å². The highest BCUT2D eigenvalue weighted by Gasteiger charge is 2.43. The minimum atomic E-state index is -0.747. The number of halogens is 2. The summed E-state index contributed by atoms with van der Waals surface area (Å²) in [4.78, 5) is 12.8. The fourth-order valence-corrected chi connectivity index (χ4v) is 3.42. The van der Waals surface area contributed by atoms with E-state index in [2.05, 4.69) is 6.07 Å². The van der Waals surface area contributed by atoms with Gasteiger partial charge in [0.1, 0.15) is 5.92 Å². The first kappa shape index (κ1) is 15.4. The Hall–Kier alpha value is -1.04. The van der Waals surface area contributed by atoms with Gasteiger partial charge in [-0.1, -0.05) is 49.0 Å². The van der Waals surface area contributed by atoms with E-state index in [1.54, 1.807) is 18.2 Å². The fraction of sp³-hybridized carbons (Fsp3) is 0.500. The molecule has 1 aliphatic rings. The number of nitrogens with zero attached hydrogens (tertiary/aromatic N) is 1. The Morgan fingerprint density at radius 3 is 2.50 bits per heavy atom. The number of benzene rings is 1. The number of carbonyl (C=O) groups excluding carboxylic acids is 1. The van der Waals surface area contributed by atoms with Crippen molar-refractivity contribution in [2.75, 3.05) is 0 Å². The van der Waals surface area contributed by atoms with Crippen LogP contribution in [0.1, 0.15) is 50.5 Å². The second-order valence-electron chi connectivity index (χ2n) is 5.44. The SMILES string of the molecule is CCC1(C(=O)C(C#N)c2ccc(Cl)c(Cl)c2)CCCC1. The lowest BCUT2D eigenvalue weighted by molar-refractivity contribution is -0.129. The van der Waals surface area contributed by atoms with Crippen LogP contribution in [0.5, 0.6) is 0 Å². The molecule has 20 heavy (non-hydrogen) atoms. The third-order valence-corrected chi connectivity index (χ3v) is 5.17. The van der Waals surface area contributed by atoms with Gasteiger partial charge in [-0.2, -0.15) is 5.26 Å². The molecule has 1 saturated carbocycles. The smallest absolute Gasteiger partial charge is 0.160 e. The molecule has 2 rings (SSSR count). The van der Waals surface area contributed by atoms with Crippen LogP contribution < -0.4 is 0 Å². The molecule has 1 aromatic carbocycles. The van der Waals surface area contributed by atoms with Crippen molar-refractivity contribution in [3.63, 3.8) is 0 Å². The highest BCUT2D eigenvalue weighted by molar-refractivity contribution is 6.42. The molecular weight excluding hydrogens is 293 g/mol. The number of ketones is 1. The summed E-state index contributed by atoms with van der Waals surface area (Å²) in [7, 11) is 0. The van der Waals surface area contributed by atoms with E-state index in [0.29, 0.717) is 15.6 Å². The molecule has 0 spiro atoms. The summed E-state index contributed by atoms with van der Waals surface area (Å²) in [5, 5.41) is 10.3. The van der Waals surface area contributed by atoms with Crippen LogP contribution >= 0.6 is 23.2 Å². The normalized spacial score (nSPS) is 18.5. The van der Waals surface area contributed by atoms with Crippen molar-refractivity contribution in [2.45, 2.75) is 44.9 Å². The van der Waals surface area contributed by atoms with E-state index in [0.717, 1.165) is 32.1 Å². The standard InChI is InChI=1S/C16H17Cl2NO/c1-2-16(7-3-4-8-16)15(20)12(10-19)11-5-6-13(17)14(18)9-11/h5-6,9,12H,2-4,7-8H2,1H3. The number of rotatable bonds is 4. The number of Topliss-reactive ketones (excluding diaryl/α,β-unsaturated/α-hetero) is 1. The number of hydrogen-bond donors (Lipinski definition) is 0. The molecular formula is C16H17Cl2NO. The van der Waals surface area contributed by atoms with Crippen LogP contribution in [0.4, 0.5) is 0 Å². The van der Waals surface area contributed by atoms with Gasteiger partial charge < -0.3 is 0 Å². The van der Waals surface area contributed by atoms with Crippen LogP contribution in [0.3, 0.4) is 0 Å². The lowest BCUT2D eigenvalue weighted by Gasteiger charge is -2.28. The molecule has 1 aliphatic carbocycles. The first-order chi connectivity index (χ1) is 9.54. The van der Waals surface area contributed by atoms with Crippen molar-refractivity contribution in [2.24, 2.45) is 5.41 Å². The third kappa shape index (κ3) is 2.71. The maximum absolute atomic E-state index is 12.8. The predicted octanol–water partition coefficient (Wildman–Crippen LogP) is 5.14. The predicted molar refractivity (Wildman–Crippen MR) is 81.0 cm³/mol. The average Bonchev–Trinajstić information content (AvgIpc) is 2.93. The molecule has 0 saturated heterocycles. The van der Waals surface area contributed by atoms with Gasteiger partial charge in [-0.25, -0.2) is 0 Å². The molecule has 1 atom stereocenters. The van der Waals surface area contributed by atoms with Crippen LogP contribution in [-0.2, 0) is 4.79 Å². The van der Waals surface area contributed by atoms with Gasteiger partial charge in [0.05, 0.1) is 16.1 Å². The summed E-state index contributed by atoms with van der Waals surface area (Å²) in [6.07, 6.45) is 4.72. The lowest BCUT2D eigenvalue weighted by Crippen LogP contribution is -2.31. The number of nitriles is 1. The van der Waals surface area contributed by atoms with E-state index in [1.165, 1.54) is 0 Å². The van der Waals surface area contributed by atoms with Crippen molar-refractivity contribution >= 4 is 29.0 Å². The number of hydrogen-bond acceptors (Lipinski definition) is 2. The van der Waals surface area contributed by atoms with E-state index in [1.807, 2.05) is 6.92 Å². The van der Waals surface area contributed by atoms with Gasteiger partial charge in [-0.05, 0) is 37.0 Å². The molecule has 0 N–H and O–H groups in total. The van der Waals surface area contributed by atoms with Gasteiger partial charge >= 0.3 is 0 Å². The molecule has 1 fully saturated rings. The van der Waals surface area contributed by atoms with E-state index < -0.39 is 5.92 Å². The second-order valence-corrected chi connectivity index (χ2v) is 6.26. The summed E-state index contributed by atoms with van der Waals surface area (Å²) < 4.78 is 0. The van der Waals surface area contributed by atoms with E-state index in [4.69, 9.17) is 23.2 Å². The Balaban J connectivity index is 2.34. The zero-order valence-electron chi connectivity index (χ0n) is 11.5. The van der Waals surface area contributed by atoms with Crippen molar-refractivity contribution in [3.05, 3.63) is 33.8 Å². The number of carbonyl (C=O) groups is 1. The Labute approximate surface area is 129 Å². The highest BCUT2D eigenvalue weighted by atomic mass is 35.5. The Bertz CT molecular complexity index is 556. The van der Waals surface area contributed by atoms with Crippen LogP contribution in [-0.4, -0.2) is 5.78 Å². The summed E-state index contributed by atoms with van der Waals surface area (Å²) in [5.41, 5.74) is 0.318. The molecule has 1 aromatic rings. The van der Waals surface area contributed by atoms with E-state index in [9.17, 15) is 10.1 Å². The first-order valence-electron chi connectivity index (χ1n) is 6.93. The lowest BCUT2D eigenvalue weighted by atomic mass is 9.73. The fourth-order valence-electron chi connectivity index (χ4n) is 3.11.